The highest BCUT2D eigenvalue weighted by atomic mass is 32.2. The third-order valence-corrected chi connectivity index (χ3v) is 3.73. The van der Waals surface area contributed by atoms with Gasteiger partial charge in [0, 0.05) is 12.2 Å². The van der Waals surface area contributed by atoms with Crippen LogP contribution in [-0.2, 0) is 14.6 Å². The largest absolute Gasteiger partial charge is 0.319 e. The summed E-state index contributed by atoms with van der Waals surface area (Å²) in [6.07, 6.45) is 0.606. The highest BCUT2D eigenvalue weighted by molar-refractivity contribution is 7.91. The van der Waals surface area contributed by atoms with Crippen molar-refractivity contribution in [3.8, 4) is 0 Å². The van der Waals surface area contributed by atoms with Gasteiger partial charge in [-0.15, -0.1) is 0 Å². The van der Waals surface area contributed by atoms with Crippen molar-refractivity contribution < 1.29 is 13.2 Å². The number of ketones is 1. The molecule has 0 atom stereocenters. The molecule has 0 amide bonds. The molecule has 0 aromatic rings. The fourth-order valence-corrected chi connectivity index (χ4v) is 2.31. The number of hydrogen-bond donors (Lipinski definition) is 1. The van der Waals surface area contributed by atoms with Crippen LogP contribution in [0.25, 0.3) is 0 Å². The third kappa shape index (κ3) is 5.34. The predicted molar refractivity (Wildman–Crippen MR) is 56.8 cm³/mol. The van der Waals surface area contributed by atoms with Crippen molar-refractivity contribution in [1.29, 1.82) is 0 Å². The van der Waals surface area contributed by atoms with Gasteiger partial charge in [-0.25, -0.2) is 8.42 Å². The lowest BCUT2D eigenvalue weighted by molar-refractivity contribution is -0.122. The van der Waals surface area contributed by atoms with Crippen LogP contribution in [0.15, 0.2) is 0 Å². The highest BCUT2D eigenvalue weighted by Crippen LogP contribution is 2.05. The summed E-state index contributed by atoms with van der Waals surface area (Å²) in [7, 11) is -3.06. The molecule has 0 spiro atoms. The number of carbonyl (C=O) groups excluding carboxylic acids is 1. The highest BCUT2D eigenvalue weighted by Gasteiger charge is 2.23. The summed E-state index contributed by atoms with van der Waals surface area (Å²) < 4.78 is 22.5. The molecule has 0 aromatic heterocycles. The van der Waals surface area contributed by atoms with E-state index in [1.165, 1.54) is 0 Å². The van der Waals surface area contributed by atoms with Crippen LogP contribution in [0.4, 0.5) is 0 Å². The van der Waals surface area contributed by atoms with Crippen LogP contribution >= 0.6 is 0 Å². The van der Waals surface area contributed by atoms with Crippen LogP contribution in [0.2, 0.25) is 0 Å². The van der Waals surface area contributed by atoms with E-state index in [0.717, 1.165) is 0 Å². The van der Waals surface area contributed by atoms with E-state index in [1.54, 1.807) is 20.8 Å². The van der Waals surface area contributed by atoms with Crippen LogP contribution in [0.1, 0.15) is 33.6 Å². The molecule has 0 radical (unpaired) electrons. The van der Waals surface area contributed by atoms with Gasteiger partial charge in [-0.3, -0.25) is 4.79 Å². The molecule has 0 aromatic carbocycles. The average molecular weight is 221 g/mol. The summed E-state index contributed by atoms with van der Waals surface area (Å²) in [4.78, 5) is 11.3. The Balaban J connectivity index is 4.14. The van der Waals surface area contributed by atoms with E-state index in [4.69, 9.17) is 5.73 Å². The first kappa shape index (κ1) is 13.6. The zero-order valence-electron chi connectivity index (χ0n) is 9.04. The lowest BCUT2D eigenvalue weighted by atomic mass is 9.99. The minimum absolute atomic E-state index is 0.0197. The Bertz CT molecular complexity index is 288. The maximum atomic E-state index is 11.3. The number of rotatable bonds is 6. The van der Waals surface area contributed by atoms with Crippen LogP contribution in [0.5, 0.6) is 0 Å². The molecule has 2 N–H and O–H groups in total. The van der Waals surface area contributed by atoms with Crippen molar-refractivity contribution in [2.75, 3.05) is 11.5 Å². The Morgan fingerprint density at radius 2 is 1.79 bits per heavy atom. The molecule has 0 unspecified atom stereocenters. The first-order valence-electron chi connectivity index (χ1n) is 4.71. The summed E-state index contributed by atoms with van der Waals surface area (Å²) >= 11 is 0. The number of nitrogens with two attached hydrogens (primary N) is 1. The van der Waals surface area contributed by atoms with Crippen molar-refractivity contribution >= 4 is 15.6 Å². The Morgan fingerprint density at radius 1 is 1.29 bits per heavy atom. The van der Waals surface area contributed by atoms with Gasteiger partial charge in [0.05, 0.1) is 11.3 Å². The zero-order valence-corrected chi connectivity index (χ0v) is 9.86. The second-order valence-electron chi connectivity index (χ2n) is 4.05. The first-order valence-corrected chi connectivity index (χ1v) is 6.54. The average Bonchev–Trinajstić information content (AvgIpc) is 1.98. The number of sulfone groups is 1. The second kappa shape index (κ2) is 4.89. The summed E-state index contributed by atoms with van der Waals surface area (Å²) in [6.45, 7) is 4.97. The maximum absolute atomic E-state index is 11.3. The second-order valence-corrected chi connectivity index (χ2v) is 6.35. The van der Waals surface area contributed by atoms with Crippen molar-refractivity contribution in [2.24, 2.45) is 5.73 Å². The summed E-state index contributed by atoms with van der Waals surface area (Å²) in [6, 6.07) is 0. The van der Waals surface area contributed by atoms with E-state index in [2.05, 4.69) is 0 Å². The SMILES string of the molecule is CCCS(=O)(=O)CCC(=O)C(C)(C)N. The van der Waals surface area contributed by atoms with E-state index < -0.39 is 15.4 Å². The molecule has 84 valence electrons. The summed E-state index contributed by atoms with van der Waals surface area (Å²) in [5.41, 5.74) is 4.61. The standard InChI is InChI=1S/C9H19NO3S/c1-4-6-14(12,13)7-5-8(11)9(2,3)10/h4-7,10H2,1-3H3. The van der Waals surface area contributed by atoms with Crippen molar-refractivity contribution in [3.05, 3.63) is 0 Å². The fourth-order valence-electron chi connectivity index (χ4n) is 0.983. The minimum Gasteiger partial charge on any atom is -0.319 e. The van der Waals surface area contributed by atoms with Gasteiger partial charge in [0.15, 0.2) is 15.6 Å². The lowest BCUT2D eigenvalue weighted by Crippen LogP contribution is -2.42. The molecule has 0 rings (SSSR count). The van der Waals surface area contributed by atoms with Gasteiger partial charge in [0.1, 0.15) is 0 Å². The molecule has 0 saturated heterocycles. The van der Waals surface area contributed by atoms with E-state index in [9.17, 15) is 13.2 Å². The van der Waals surface area contributed by atoms with Crippen molar-refractivity contribution in [3.63, 3.8) is 0 Å². The molecule has 14 heavy (non-hydrogen) atoms. The molecule has 0 aliphatic rings. The number of hydrogen-bond acceptors (Lipinski definition) is 4. The fraction of sp³-hybridized carbons (Fsp3) is 0.889. The van der Waals surface area contributed by atoms with Gasteiger partial charge in [-0.05, 0) is 20.3 Å². The Labute approximate surface area is 85.8 Å². The van der Waals surface area contributed by atoms with Crippen LogP contribution in [0, 0.1) is 0 Å². The van der Waals surface area contributed by atoms with E-state index in [-0.39, 0.29) is 23.7 Å². The molecule has 4 nitrogen and oxygen atoms in total. The molecule has 5 heteroatoms. The molecule has 0 saturated carbocycles. The molecule has 0 aliphatic carbocycles. The zero-order chi connectivity index (χ0) is 11.4. The van der Waals surface area contributed by atoms with Crippen molar-refractivity contribution in [2.45, 2.75) is 39.2 Å². The Morgan fingerprint density at radius 3 is 2.14 bits per heavy atom. The Kier molecular flexibility index (Phi) is 4.74. The van der Waals surface area contributed by atoms with Gasteiger partial charge in [0.25, 0.3) is 0 Å². The summed E-state index contributed by atoms with van der Waals surface area (Å²) in [5, 5.41) is 0. The van der Waals surface area contributed by atoms with Gasteiger partial charge in [0.2, 0.25) is 0 Å². The predicted octanol–water partition coefficient (Wildman–Crippen LogP) is 0.508. The Hall–Kier alpha value is -0.420. The van der Waals surface area contributed by atoms with Crippen molar-refractivity contribution in [1.82, 2.24) is 0 Å². The van der Waals surface area contributed by atoms with Gasteiger partial charge in [-0.2, -0.15) is 0 Å². The minimum atomic E-state index is -3.06. The van der Waals surface area contributed by atoms with Crippen LogP contribution < -0.4 is 5.73 Å². The normalized spacial score (nSPS) is 12.9. The number of carbonyl (C=O) groups is 1. The third-order valence-electron chi connectivity index (χ3n) is 1.87. The molecular formula is C9H19NO3S. The van der Waals surface area contributed by atoms with E-state index in [1.807, 2.05) is 0 Å². The quantitative estimate of drug-likeness (QED) is 0.709. The van der Waals surface area contributed by atoms with E-state index >= 15 is 0 Å². The molecular weight excluding hydrogens is 202 g/mol. The first-order chi connectivity index (χ1) is 6.19. The number of Topliss-reactive ketones (excluding diaryl/α,β-unsaturated/α-hetero) is 1. The molecule has 0 bridgehead atoms. The van der Waals surface area contributed by atoms with Gasteiger partial charge in [-0.1, -0.05) is 6.92 Å². The van der Waals surface area contributed by atoms with Gasteiger partial charge < -0.3 is 5.73 Å². The molecule has 0 fully saturated rings. The topological polar surface area (TPSA) is 77.2 Å². The summed E-state index contributed by atoms with van der Waals surface area (Å²) in [5.74, 6) is -0.150. The lowest BCUT2D eigenvalue weighted by Gasteiger charge is -2.16. The van der Waals surface area contributed by atoms with Crippen LogP contribution in [0.3, 0.4) is 0 Å². The monoisotopic (exact) mass is 221 g/mol. The molecule has 0 aliphatic heterocycles. The van der Waals surface area contributed by atoms with Crippen LogP contribution in [-0.4, -0.2) is 31.2 Å². The van der Waals surface area contributed by atoms with E-state index in [0.29, 0.717) is 6.42 Å². The molecule has 0 heterocycles. The smallest absolute Gasteiger partial charge is 0.153 e. The van der Waals surface area contributed by atoms with Gasteiger partial charge >= 0.3 is 0 Å². The maximum Gasteiger partial charge on any atom is 0.153 e.